The predicted octanol–water partition coefficient (Wildman–Crippen LogP) is -0.767. The van der Waals surface area contributed by atoms with Crippen molar-refractivity contribution in [3.63, 3.8) is 0 Å². The summed E-state index contributed by atoms with van der Waals surface area (Å²) in [7, 11) is 1.45. The van der Waals surface area contributed by atoms with Crippen molar-refractivity contribution in [3.8, 4) is 6.01 Å². The average molecular weight is 255 g/mol. The van der Waals surface area contributed by atoms with Crippen LogP contribution in [0.4, 0.5) is 11.9 Å². The maximum atomic E-state index is 10.5. The van der Waals surface area contributed by atoms with Crippen LogP contribution in [-0.2, 0) is 4.79 Å². The van der Waals surface area contributed by atoms with Crippen molar-refractivity contribution in [2.24, 2.45) is 11.6 Å². The molecule has 6 N–H and O–H groups in total. The molecule has 1 rings (SSSR count). The van der Waals surface area contributed by atoms with Crippen LogP contribution < -0.4 is 27.1 Å². The SMILES string of the molecule is COc1nc(NN)nc(NCCCCC(N)=O)n1. The Balaban J connectivity index is 2.43. The topological polar surface area (TPSA) is 141 Å². The monoisotopic (exact) mass is 255 g/mol. The zero-order valence-corrected chi connectivity index (χ0v) is 10.1. The Kier molecular flexibility index (Phi) is 5.58. The van der Waals surface area contributed by atoms with Crippen LogP contribution in [0, 0.1) is 0 Å². The number of carbonyl (C=O) groups excluding carboxylic acids is 1. The predicted molar refractivity (Wildman–Crippen MR) is 65.7 cm³/mol. The van der Waals surface area contributed by atoms with Gasteiger partial charge in [0.15, 0.2) is 0 Å². The fraction of sp³-hybridized carbons (Fsp3) is 0.556. The van der Waals surface area contributed by atoms with E-state index in [0.717, 1.165) is 6.42 Å². The summed E-state index contributed by atoms with van der Waals surface area (Å²) in [5.41, 5.74) is 7.35. The summed E-state index contributed by atoms with van der Waals surface area (Å²) in [6.07, 6.45) is 1.87. The number of hydrogen-bond acceptors (Lipinski definition) is 8. The van der Waals surface area contributed by atoms with Gasteiger partial charge in [-0.3, -0.25) is 10.2 Å². The third-order valence-corrected chi connectivity index (χ3v) is 2.06. The van der Waals surface area contributed by atoms with Gasteiger partial charge in [-0.2, -0.15) is 15.0 Å². The number of nitrogens with two attached hydrogens (primary N) is 2. The van der Waals surface area contributed by atoms with Crippen molar-refractivity contribution in [2.75, 3.05) is 24.4 Å². The Labute approximate surface area is 104 Å². The Morgan fingerprint density at radius 3 is 2.61 bits per heavy atom. The van der Waals surface area contributed by atoms with Gasteiger partial charge in [0.05, 0.1) is 7.11 Å². The van der Waals surface area contributed by atoms with Gasteiger partial charge in [0.25, 0.3) is 0 Å². The summed E-state index contributed by atoms with van der Waals surface area (Å²) in [6.45, 7) is 0.616. The van der Waals surface area contributed by atoms with Gasteiger partial charge in [-0.25, -0.2) is 5.84 Å². The number of hydrazine groups is 1. The first-order chi connectivity index (χ1) is 8.65. The third-order valence-electron chi connectivity index (χ3n) is 2.06. The summed E-state index contributed by atoms with van der Waals surface area (Å²) in [5.74, 6) is 5.48. The second-order valence-corrected chi connectivity index (χ2v) is 3.46. The summed E-state index contributed by atoms with van der Waals surface area (Å²) in [5, 5.41) is 2.98. The number of ether oxygens (including phenoxy) is 1. The zero-order chi connectivity index (χ0) is 13.4. The largest absolute Gasteiger partial charge is 0.467 e. The molecule has 0 spiro atoms. The van der Waals surface area contributed by atoms with E-state index < -0.39 is 0 Å². The first-order valence-electron chi connectivity index (χ1n) is 5.44. The second-order valence-electron chi connectivity index (χ2n) is 3.46. The molecule has 18 heavy (non-hydrogen) atoms. The number of unbranched alkanes of at least 4 members (excludes halogenated alkanes) is 1. The third kappa shape index (κ3) is 4.78. The fourth-order valence-corrected chi connectivity index (χ4v) is 1.22. The van der Waals surface area contributed by atoms with E-state index in [-0.39, 0.29) is 17.9 Å². The lowest BCUT2D eigenvalue weighted by atomic mass is 10.2. The summed E-state index contributed by atoms with van der Waals surface area (Å²) >= 11 is 0. The molecule has 0 bridgehead atoms. The van der Waals surface area contributed by atoms with Gasteiger partial charge in [-0.15, -0.1) is 0 Å². The van der Waals surface area contributed by atoms with Gasteiger partial charge in [-0.05, 0) is 12.8 Å². The van der Waals surface area contributed by atoms with Gasteiger partial charge in [0, 0.05) is 13.0 Å². The Morgan fingerprint density at radius 2 is 2.00 bits per heavy atom. The summed E-state index contributed by atoms with van der Waals surface area (Å²) < 4.78 is 4.90. The minimum atomic E-state index is -0.300. The first kappa shape index (κ1) is 13.9. The van der Waals surface area contributed by atoms with Crippen LogP contribution in [0.3, 0.4) is 0 Å². The van der Waals surface area contributed by atoms with Crippen LogP contribution in [0.1, 0.15) is 19.3 Å². The van der Waals surface area contributed by atoms with Crippen LogP contribution in [-0.4, -0.2) is 34.5 Å². The number of nitrogen functional groups attached to an aromatic ring is 1. The van der Waals surface area contributed by atoms with Gasteiger partial charge < -0.3 is 15.8 Å². The Morgan fingerprint density at radius 1 is 1.28 bits per heavy atom. The number of carbonyl (C=O) groups is 1. The molecule has 9 nitrogen and oxygen atoms in total. The smallest absolute Gasteiger partial charge is 0.322 e. The number of nitrogens with one attached hydrogen (secondary N) is 2. The number of primary amides is 1. The number of rotatable bonds is 8. The minimum absolute atomic E-state index is 0.164. The van der Waals surface area contributed by atoms with E-state index in [0.29, 0.717) is 25.3 Å². The Hall–Kier alpha value is -2.16. The molecule has 9 heteroatoms. The molecule has 0 aromatic carbocycles. The van der Waals surface area contributed by atoms with E-state index in [4.69, 9.17) is 16.3 Å². The number of hydrogen-bond donors (Lipinski definition) is 4. The molecule has 0 radical (unpaired) electrons. The maximum absolute atomic E-state index is 10.5. The van der Waals surface area contributed by atoms with Gasteiger partial charge in [-0.1, -0.05) is 0 Å². The van der Waals surface area contributed by atoms with Crippen molar-refractivity contribution < 1.29 is 9.53 Å². The quantitative estimate of drug-likeness (QED) is 0.269. The molecule has 0 saturated carbocycles. The number of methoxy groups -OCH3 is 1. The van der Waals surface area contributed by atoms with E-state index in [2.05, 4.69) is 25.7 Å². The molecule has 0 fully saturated rings. The molecule has 0 aliphatic rings. The summed E-state index contributed by atoms with van der Waals surface area (Å²) in [6, 6.07) is 0.164. The molecule has 1 aromatic heterocycles. The fourth-order valence-electron chi connectivity index (χ4n) is 1.22. The van der Waals surface area contributed by atoms with Gasteiger partial charge >= 0.3 is 6.01 Å². The van der Waals surface area contributed by atoms with E-state index in [9.17, 15) is 4.79 Å². The van der Waals surface area contributed by atoms with Crippen molar-refractivity contribution in [3.05, 3.63) is 0 Å². The van der Waals surface area contributed by atoms with Crippen LogP contribution in [0.2, 0.25) is 0 Å². The van der Waals surface area contributed by atoms with Gasteiger partial charge in [0.1, 0.15) is 0 Å². The van der Waals surface area contributed by atoms with E-state index >= 15 is 0 Å². The van der Waals surface area contributed by atoms with Crippen molar-refractivity contribution >= 4 is 17.8 Å². The van der Waals surface area contributed by atoms with Crippen molar-refractivity contribution in [1.82, 2.24) is 15.0 Å². The van der Waals surface area contributed by atoms with E-state index in [1.165, 1.54) is 7.11 Å². The van der Waals surface area contributed by atoms with E-state index in [1.54, 1.807) is 0 Å². The summed E-state index contributed by atoms with van der Waals surface area (Å²) in [4.78, 5) is 22.4. The standard InChI is InChI=1S/C9H17N7O2/c1-18-9-14-7(13-8(15-9)16-11)12-5-3-2-4-6(10)17/h2-5,11H2,1H3,(H2,10,17)(H2,12,13,14,15,16). The van der Waals surface area contributed by atoms with Crippen molar-refractivity contribution in [1.29, 1.82) is 0 Å². The normalized spacial score (nSPS) is 9.89. The number of nitrogens with zero attached hydrogens (tertiary/aromatic N) is 3. The Bertz CT molecular complexity index is 376. The molecule has 1 aromatic rings. The second kappa shape index (κ2) is 7.22. The molecule has 100 valence electrons. The van der Waals surface area contributed by atoms with Gasteiger partial charge in [0.2, 0.25) is 17.8 Å². The maximum Gasteiger partial charge on any atom is 0.322 e. The molecule has 1 heterocycles. The van der Waals surface area contributed by atoms with Crippen LogP contribution in [0.5, 0.6) is 6.01 Å². The molecular formula is C9H17N7O2. The molecule has 0 unspecified atom stereocenters. The number of amides is 1. The van der Waals surface area contributed by atoms with Crippen molar-refractivity contribution in [2.45, 2.75) is 19.3 Å². The zero-order valence-electron chi connectivity index (χ0n) is 10.1. The lowest BCUT2D eigenvalue weighted by Gasteiger charge is -2.07. The molecule has 0 aliphatic heterocycles. The van der Waals surface area contributed by atoms with Crippen LogP contribution in [0.15, 0.2) is 0 Å². The highest BCUT2D eigenvalue weighted by Crippen LogP contribution is 2.09. The minimum Gasteiger partial charge on any atom is -0.467 e. The average Bonchev–Trinajstić information content (AvgIpc) is 2.37. The molecular weight excluding hydrogens is 238 g/mol. The first-order valence-corrected chi connectivity index (χ1v) is 5.44. The molecule has 1 amide bonds. The van der Waals surface area contributed by atoms with Crippen LogP contribution in [0.25, 0.3) is 0 Å². The number of aromatic nitrogens is 3. The highest BCUT2D eigenvalue weighted by molar-refractivity contribution is 5.73. The highest BCUT2D eigenvalue weighted by Gasteiger charge is 2.05. The molecule has 0 atom stereocenters. The molecule has 0 aliphatic carbocycles. The lowest BCUT2D eigenvalue weighted by Crippen LogP contribution is -2.15. The molecule has 0 saturated heterocycles. The number of anilines is 2. The highest BCUT2D eigenvalue weighted by atomic mass is 16.5. The lowest BCUT2D eigenvalue weighted by molar-refractivity contribution is -0.118. The van der Waals surface area contributed by atoms with Crippen LogP contribution >= 0.6 is 0 Å². The van der Waals surface area contributed by atoms with E-state index in [1.807, 2.05) is 0 Å².